The molecule has 1 N–H and O–H groups in total. The molecule has 1 amide bonds. The predicted molar refractivity (Wildman–Crippen MR) is 126 cm³/mol. The molecule has 3 aromatic heterocycles. The third-order valence-electron chi connectivity index (χ3n) is 5.06. The molecule has 4 aromatic rings. The van der Waals surface area contributed by atoms with E-state index in [4.69, 9.17) is 16.6 Å². The molecule has 0 unspecified atom stereocenters. The van der Waals surface area contributed by atoms with Crippen LogP contribution in [0.1, 0.15) is 27.3 Å². The van der Waals surface area contributed by atoms with Gasteiger partial charge in [0.15, 0.2) is 0 Å². The van der Waals surface area contributed by atoms with Gasteiger partial charge in [-0.15, -0.1) is 0 Å². The lowest BCUT2D eigenvalue weighted by atomic mass is 10.1. The van der Waals surface area contributed by atoms with Gasteiger partial charge in [-0.2, -0.15) is 0 Å². The fraction of sp³-hybridized carbons (Fsp3) is 0.0833. The van der Waals surface area contributed by atoms with E-state index in [1.165, 1.54) is 0 Å². The number of benzene rings is 1. The van der Waals surface area contributed by atoms with Crippen molar-refractivity contribution in [3.05, 3.63) is 101 Å². The zero-order chi connectivity index (χ0) is 22.1. The number of nitrogens with one attached hydrogen (secondary N) is 1. The maximum absolute atomic E-state index is 12.8. The number of carbonyl (C=O) groups excluding carboxylic acids is 1. The average molecular weight is 460 g/mol. The van der Waals surface area contributed by atoms with Crippen molar-refractivity contribution in [2.75, 3.05) is 0 Å². The maximum atomic E-state index is 12.8. The Kier molecular flexibility index (Phi) is 5.51. The number of hydrogen-bond donors (Lipinski definition) is 1. The van der Waals surface area contributed by atoms with Gasteiger partial charge in [-0.1, -0.05) is 29.4 Å². The number of hydrogen-bond acceptors (Lipinski definition) is 5. The molecule has 6 nitrogen and oxygen atoms in total. The van der Waals surface area contributed by atoms with E-state index in [1.807, 2.05) is 61.8 Å². The quantitative estimate of drug-likeness (QED) is 0.409. The zero-order valence-corrected chi connectivity index (χ0v) is 18.7. The summed E-state index contributed by atoms with van der Waals surface area (Å²) in [6, 6.07) is 16.9. The molecule has 1 aliphatic heterocycles. The topological polar surface area (TPSA) is 72.2 Å². The van der Waals surface area contributed by atoms with Crippen LogP contribution in [0.3, 0.4) is 0 Å². The molecule has 4 heterocycles. The molecule has 0 radical (unpaired) electrons. The monoisotopic (exact) mass is 459 g/mol. The Morgan fingerprint density at radius 2 is 2.03 bits per heavy atom. The minimum absolute atomic E-state index is 0.174. The Bertz CT molecular complexity index is 1330. The summed E-state index contributed by atoms with van der Waals surface area (Å²) in [5.74, 6) is -0.174. The van der Waals surface area contributed by atoms with E-state index in [-0.39, 0.29) is 5.91 Å². The van der Waals surface area contributed by atoms with Gasteiger partial charge < -0.3 is 9.88 Å². The van der Waals surface area contributed by atoms with Gasteiger partial charge in [-0.05, 0) is 48.5 Å². The SMILES string of the molecule is Cn1ccc2c1Sc1ccc(C(=O)NCc3ccccn3)cc1N=C2c1ccc(Cl)cn1. The lowest BCUT2D eigenvalue weighted by Crippen LogP contribution is -2.23. The van der Waals surface area contributed by atoms with Crippen LogP contribution in [0.4, 0.5) is 5.69 Å². The minimum atomic E-state index is -0.174. The molecule has 5 rings (SSSR count). The van der Waals surface area contributed by atoms with Crippen LogP contribution in [0.25, 0.3) is 0 Å². The van der Waals surface area contributed by atoms with Crippen LogP contribution < -0.4 is 5.32 Å². The fourth-order valence-electron chi connectivity index (χ4n) is 3.43. The number of nitrogens with zero attached hydrogens (tertiary/aromatic N) is 4. The van der Waals surface area contributed by atoms with E-state index < -0.39 is 0 Å². The molecule has 8 heteroatoms. The molecule has 0 saturated heterocycles. The number of aromatic nitrogens is 3. The molecule has 1 aliphatic rings. The van der Waals surface area contributed by atoms with Crippen molar-refractivity contribution in [1.82, 2.24) is 19.9 Å². The van der Waals surface area contributed by atoms with E-state index in [1.54, 1.807) is 30.2 Å². The number of carbonyl (C=O) groups is 1. The van der Waals surface area contributed by atoms with Crippen LogP contribution in [0, 0.1) is 0 Å². The van der Waals surface area contributed by atoms with E-state index in [2.05, 4.69) is 19.9 Å². The molecular formula is C24H18ClN5OS. The van der Waals surface area contributed by atoms with Crippen molar-refractivity contribution >= 4 is 40.7 Å². The zero-order valence-electron chi connectivity index (χ0n) is 17.1. The van der Waals surface area contributed by atoms with Gasteiger partial charge in [0.1, 0.15) is 0 Å². The summed E-state index contributed by atoms with van der Waals surface area (Å²) in [5.41, 5.74) is 4.53. The van der Waals surface area contributed by atoms with Gasteiger partial charge >= 0.3 is 0 Å². The van der Waals surface area contributed by atoms with Crippen LogP contribution in [-0.2, 0) is 13.6 Å². The van der Waals surface area contributed by atoms with Gasteiger partial charge in [-0.3, -0.25) is 14.8 Å². The Hall–Kier alpha value is -3.42. The number of fused-ring (bicyclic) bond motifs is 2. The summed E-state index contributed by atoms with van der Waals surface area (Å²) < 4.78 is 2.06. The van der Waals surface area contributed by atoms with Crippen molar-refractivity contribution in [3.63, 3.8) is 0 Å². The number of pyridine rings is 2. The molecule has 0 atom stereocenters. The van der Waals surface area contributed by atoms with Crippen LogP contribution in [0.5, 0.6) is 0 Å². The van der Waals surface area contributed by atoms with Crippen LogP contribution in [0.15, 0.2) is 88.1 Å². The lowest BCUT2D eigenvalue weighted by Gasteiger charge is -2.08. The Balaban J connectivity index is 1.51. The lowest BCUT2D eigenvalue weighted by molar-refractivity contribution is 0.0950. The standard InChI is InChI=1S/C24H18ClN5OS/c1-30-11-9-18-22(19-7-6-16(25)13-27-19)29-20-12-15(5-8-21(20)32-24(18)30)23(31)28-14-17-4-2-3-10-26-17/h2-13H,14H2,1H3,(H,28,31). The second-order valence-corrected chi connectivity index (χ2v) is 8.72. The van der Waals surface area contributed by atoms with Gasteiger partial charge in [0.25, 0.3) is 5.91 Å². The predicted octanol–water partition coefficient (Wildman–Crippen LogP) is 5.03. The summed E-state index contributed by atoms with van der Waals surface area (Å²) in [6.45, 7) is 0.361. The highest BCUT2D eigenvalue weighted by Gasteiger charge is 2.23. The third-order valence-corrected chi connectivity index (χ3v) is 6.55. The van der Waals surface area contributed by atoms with E-state index >= 15 is 0 Å². The van der Waals surface area contributed by atoms with E-state index in [9.17, 15) is 4.79 Å². The first-order valence-electron chi connectivity index (χ1n) is 9.95. The summed E-state index contributed by atoms with van der Waals surface area (Å²) in [6.07, 6.45) is 5.33. The van der Waals surface area contributed by atoms with E-state index in [0.717, 1.165) is 38.3 Å². The fourth-order valence-corrected chi connectivity index (χ4v) is 4.57. The first kappa shape index (κ1) is 20.5. The largest absolute Gasteiger partial charge is 0.346 e. The highest BCUT2D eigenvalue weighted by Crippen LogP contribution is 2.41. The second-order valence-electron chi connectivity index (χ2n) is 7.26. The van der Waals surface area contributed by atoms with Crippen molar-refractivity contribution in [2.45, 2.75) is 16.5 Å². The highest BCUT2D eigenvalue weighted by molar-refractivity contribution is 7.99. The van der Waals surface area contributed by atoms with Crippen molar-refractivity contribution < 1.29 is 4.79 Å². The Labute approximate surface area is 194 Å². The maximum Gasteiger partial charge on any atom is 0.251 e. The van der Waals surface area contributed by atoms with Gasteiger partial charge in [0, 0.05) is 41.7 Å². The van der Waals surface area contributed by atoms with Crippen LogP contribution in [0.2, 0.25) is 5.02 Å². The molecule has 0 bridgehead atoms. The van der Waals surface area contributed by atoms with Gasteiger partial charge in [-0.25, -0.2) is 4.99 Å². The van der Waals surface area contributed by atoms with Crippen molar-refractivity contribution in [1.29, 1.82) is 0 Å². The highest BCUT2D eigenvalue weighted by atomic mass is 35.5. The number of amides is 1. The molecule has 0 spiro atoms. The van der Waals surface area contributed by atoms with Crippen molar-refractivity contribution in [3.8, 4) is 0 Å². The number of rotatable bonds is 4. The van der Waals surface area contributed by atoms with Crippen molar-refractivity contribution in [2.24, 2.45) is 12.0 Å². The number of aliphatic imine (C=N–C) groups is 1. The number of halogens is 1. The summed E-state index contributed by atoms with van der Waals surface area (Å²) in [4.78, 5) is 27.4. The van der Waals surface area contributed by atoms with E-state index in [0.29, 0.717) is 17.1 Å². The second kappa shape index (κ2) is 8.61. The molecule has 32 heavy (non-hydrogen) atoms. The summed E-state index contributed by atoms with van der Waals surface area (Å²) in [5, 5.41) is 4.55. The molecule has 0 aliphatic carbocycles. The molecule has 158 valence electrons. The van der Waals surface area contributed by atoms with Gasteiger partial charge in [0.2, 0.25) is 0 Å². The smallest absolute Gasteiger partial charge is 0.251 e. The number of aryl methyl sites for hydroxylation is 1. The average Bonchev–Trinajstić information content (AvgIpc) is 3.08. The molecule has 1 aromatic carbocycles. The molecule has 0 fully saturated rings. The summed E-state index contributed by atoms with van der Waals surface area (Å²) in [7, 11) is 2.00. The first-order valence-corrected chi connectivity index (χ1v) is 11.1. The van der Waals surface area contributed by atoms with Gasteiger partial charge in [0.05, 0.1) is 39.4 Å². The third kappa shape index (κ3) is 4.04. The normalized spacial score (nSPS) is 12.4. The summed E-state index contributed by atoms with van der Waals surface area (Å²) >= 11 is 7.66. The van der Waals surface area contributed by atoms with Crippen LogP contribution >= 0.6 is 23.4 Å². The first-order chi connectivity index (χ1) is 15.6. The molecule has 0 saturated carbocycles. The minimum Gasteiger partial charge on any atom is -0.346 e. The Morgan fingerprint density at radius 1 is 1.12 bits per heavy atom. The Morgan fingerprint density at radius 3 is 2.81 bits per heavy atom. The van der Waals surface area contributed by atoms with Crippen LogP contribution in [-0.4, -0.2) is 26.2 Å². The molecular weight excluding hydrogens is 442 g/mol.